The highest BCUT2D eigenvalue weighted by atomic mass is 16.5. The predicted molar refractivity (Wildman–Crippen MR) is 128 cm³/mol. The number of nitrogens with zero attached hydrogens (tertiary/aromatic N) is 4. The van der Waals surface area contributed by atoms with Crippen LogP contribution in [0, 0.1) is 0 Å². The number of ether oxygens (including phenoxy) is 1. The van der Waals surface area contributed by atoms with E-state index in [2.05, 4.69) is 61.8 Å². The summed E-state index contributed by atoms with van der Waals surface area (Å²) < 4.78 is 6.41. The van der Waals surface area contributed by atoms with Crippen LogP contribution in [0.3, 0.4) is 0 Å². The van der Waals surface area contributed by atoms with Crippen molar-refractivity contribution >= 4 is 28.8 Å². The highest BCUT2D eigenvalue weighted by Crippen LogP contribution is 2.49. The van der Waals surface area contributed by atoms with E-state index in [-0.39, 0.29) is 6.03 Å². The number of urea groups is 1. The molecule has 2 aliphatic heterocycles. The van der Waals surface area contributed by atoms with Crippen molar-refractivity contribution in [1.29, 1.82) is 0 Å². The Morgan fingerprint density at radius 2 is 1.26 bits per heavy atom. The fraction of sp³-hybridized carbons (Fsp3) is 0.480. The first-order chi connectivity index (χ1) is 15.1. The number of anilines is 4. The van der Waals surface area contributed by atoms with Crippen LogP contribution in [0.1, 0.15) is 40.5 Å². The van der Waals surface area contributed by atoms with Crippen molar-refractivity contribution in [3.63, 3.8) is 0 Å². The summed E-state index contributed by atoms with van der Waals surface area (Å²) in [5, 5.41) is 0. The van der Waals surface area contributed by atoms with Gasteiger partial charge in [-0.15, -0.1) is 0 Å². The van der Waals surface area contributed by atoms with Gasteiger partial charge in [-0.25, -0.2) is 4.79 Å². The Labute approximate surface area is 186 Å². The predicted octanol–water partition coefficient (Wildman–Crippen LogP) is 5.84. The Bertz CT molecular complexity index is 870. The lowest BCUT2D eigenvalue weighted by Crippen LogP contribution is -2.40. The number of benzene rings is 2. The van der Waals surface area contributed by atoms with Crippen molar-refractivity contribution in [2.24, 2.45) is 0 Å². The molecular formula is C25H34N4O2. The van der Waals surface area contributed by atoms with Crippen LogP contribution in [0.4, 0.5) is 27.5 Å². The Morgan fingerprint density at radius 1 is 0.806 bits per heavy atom. The summed E-state index contributed by atoms with van der Waals surface area (Å²) >= 11 is 0. The lowest BCUT2D eigenvalue weighted by atomic mass is 10.1. The SMILES string of the molecule is CCN(CC)c1ccc2c(c1)Oc1cc(N(CC)CC)ccc1N2C(=O)N1CCCC1. The second-order valence-corrected chi connectivity index (χ2v) is 8.06. The van der Waals surface area contributed by atoms with Crippen LogP contribution in [-0.2, 0) is 0 Å². The van der Waals surface area contributed by atoms with E-state index in [1.54, 1.807) is 0 Å². The smallest absolute Gasteiger partial charge is 0.329 e. The molecule has 2 heterocycles. The van der Waals surface area contributed by atoms with Crippen LogP contribution in [0.2, 0.25) is 0 Å². The summed E-state index contributed by atoms with van der Waals surface area (Å²) in [7, 11) is 0. The second-order valence-electron chi connectivity index (χ2n) is 8.06. The molecule has 1 fully saturated rings. The van der Waals surface area contributed by atoms with E-state index in [9.17, 15) is 4.79 Å². The highest BCUT2D eigenvalue weighted by Gasteiger charge is 2.34. The lowest BCUT2D eigenvalue weighted by Gasteiger charge is -2.35. The van der Waals surface area contributed by atoms with E-state index in [1.165, 1.54) is 0 Å². The van der Waals surface area contributed by atoms with Gasteiger partial charge in [0.2, 0.25) is 0 Å². The van der Waals surface area contributed by atoms with Gasteiger partial charge >= 0.3 is 6.03 Å². The van der Waals surface area contributed by atoms with Gasteiger partial charge in [0.25, 0.3) is 0 Å². The minimum Gasteiger partial charge on any atom is -0.453 e. The zero-order chi connectivity index (χ0) is 22.0. The fourth-order valence-electron chi connectivity index (χ4n) is 4.61. The molecule has 0 bridgehead atoms. The van der Waals surface area contributed by atoms with Gasteiger partial charge in [0.05, 0.1) is 11.4 Å². The van der Waals surface area contributed by atoms with Crippen LogP contribution in [0.5, 0.6) is 11.5 Å². The quantitative estimate of drug-likeness (QED) is 0.586. The number of hydrogen-bond acceptors (Lipinski definition) is 4. The number of fused-ring (bicyclic) bond motifs is 2. The maximum atomic E-state index is 13.6. The monoisotopic (exact) mass is 422 g/mol. The lowest BCUT2D eigenvalue weighted by molar-refractivity contribution is 0.217. The van der Waals surface area contributed by atoms with Gasteiger partial charge < -0.3 is 19.4 Å². The van der Waals surface area contributed by atoms with E-state index in [0.717, 1.165) is 86.4 Å². The summed E-state index contributed by atoms with van der Waals surface area (Å²) in [6, 6.07) is 12.4. The number of amides is 2. The van der Waals surface area contributed by atoms with E-state index in [0.29, 0.717) is 0 Å². The standard InChI is InChI=1S/C25H34N4O2/c1-5-26(6-2)19-11-13-21-23(17-19)31-24-18-20(27(7-3)8-4)12-14-22(24)29(21)25(30)28-15-9-10-16-28/h11-14,17-18H,5-10,15-16H2,1-4H3. The molecular weight excluding hydrogens is 388 g/mol. The molecule has 0 atom stereocenters. The first-order valence-corrected chi connectivity index (χ1v) is 11.7. The van der Waals surface area contributed by atoms with E-state index >= 15 is 0 Å². The number of carbonyl (C=O) groups excluding carboxylic acids is 1. The average Bonchev–Trinajstić information content (AvgIpc) is 3.33. The Hall–Kier alpha value is -2.89. The molecule has 2 aliphatic rings. The molecule has 31 heavy (non-hydrogen) atoms. The molecule has 0 N–H and O–H groups in total. The third-order valence-electron chi connectivity index (χ3n) is 6.41. The van der Waals surface area contributed by atoms with Gasteiger partial charge in [0.15, 0.2) is 11.5 Å². The van der Waals surface area contributed by atoms with Gasteiger partial charge in [-0.05, 0) is 64.8 Å². The first-order valence-electron chi connectivity index (χ1n) is 11.7. The third kappa shape index (κ3) is 3.91. The van der Waals surface area contributed by atoms with E-state index < -0.39 is 0 Å². The molecule has 2 aromatic rings. The minimum absolute atomic E-state index is 0.0366. The molecule has 2 amide bonds. The van der Waals surface area contributed by atoms with Gasteiger partial charge in [-0.2, -0.15) is 0 Å². The molecule has 1 saturated heterocycles. The Balaban J connectivity index is 1.80. The average molecular weight is 423 g/mol. The molecule has 0 unspecified atom stereocenters. The van der Waals surface area contributed by atoms with Crippen LogP contribution in [-0.4, -0.2) is 50.2 Å². The number of carbonyl (C=O) groups is 1. The molecule has 6 nitrogen and oxygen atoms in total. The van der Waals surface area contributed by atoms with Crippen molar-refractivity contribution in [3.05, 3.63) is 36.4 Å². The molecule has 4 rings (SSSR count). The molecule has 0 saturated carbocycles. The van der Waals surface area contributed by atoms with Crippen molar-refractivity contribution in [3.8, 4) is 11.5 Å². The zero-order valence-corrected chi connectivity index (χ0v) is 19.2. The molecule has 6 heteroatoms. The normalized spacial score (nSPS) is 14.7. The maximum absolute atomic E-state index is 13.6. The summed E-state index contributed by atoms with van der Waals surface area (Å²) in [4.78, 5) is 21.9. The third-order valence-corrected chi connectivity index (χ3v) is 6.41. The molecule has 166 valence electrons. The van der Waals surface area contributed by atoms with Gasteiger partial charge in [0, 0.05) is 62.8 Å². The van der Waals surface area contributed by atoms with Crippen LogP contribution < -0.4 is 19.4 Å². The summed E-state index contributed by atoms with van der Waals surface area (Å²) in [6.07, 6.45) is 2.13. The fourth-order valence-corrected chi connectivity index (χ4v) is 4.61. The largest absolute Gasteiger partial charge is 0.453 e. The number of hydrogen-bond donors (Lipinski definition) is 0. The zero-order valence-electron chi connectivity index (χ0n) is 19.2. The molecule has 0 aromatic heterocycles. The van der Waals surface area contributed by atoms with E-state index in [1.807, 2.05) is 21.9 Å². The van der Waals surface area contributed by atoms with Gasteiger partial charge in [-0.3, -0.25) is 4.90 Å². The van der Waals surface area contributed by atoms with E-state index in [4.69, 9.17) is 4.74 Å². The van der Waals surface area contributed by atoms with Crippen molar-refractivity contribution in [2.45, 2.75) is 40.5 Å². The summed E-state index contributed by atoms with van der Waals surface area (Å²) in [5.41, 5.74) is 3.85. The Morgan fingerprint density at radius 3 is 1.68 bits per heavy atom. The Kier molecular flexibility index (Phi) is 6.25. The number of rotatable bonds is 6. The van der Waals surface area contributed by atoms with Gasteiger partial charge in [-0.1, -0.05) is 0 Å². The van der Waals surface area contributed by atoms with Crippen LogP contribution in [0.15, 0.2) is 36.4 Å². The van der Waals surface area contributed by atoms with Crippen molar-refractivity contribution < 1.29 is 9.53 Å². The number of likely N-dealkylation sites (tertiary alicyclic amines) is 1. The van der Waals surface area contributed by atoms with Crippen molar-refractivity contribution in [2.75, 3.05) is 54.0 Å². The highest BCUT2D eigenvalue weighted by molar-refractivity contribution is 6.04. The van der Waals surface area contributed by atoms with Crippen molar-refractivity contribution in [1.82, 2.24) is 4.90 Å². The molecule has 0 spiro atoms. The first kappa shape index (κ1) is 21.3. The van der Waals surface area contributed by atoms with Gasteiger partial charge in [0.1, 0.15) is 0 Å². The van der Waals surface area contributed by atoms with Crippen LogP contribution >= 0.6 is 0 Å². The summed E-state index contributed by atoms with van der Waals surface area (Å²) in [6.45, 7) is 13.9. The topological polar surface area (TPSA) is 39.3 Å². The second kappa shape index (κ2) is 9.08. The molecule has 0 radical (unpaired) electrons. The maximum Gasteiger partial charge on any atom is 0.329 e. The molecule has 0 aliphatic carbocycles. The summed E-state index contributed by atoms with van der Waals surface area (Å²) in [5.74, 6) is 1.47. The minimum atomic E-state index is 0.0366. The molecule has 2 aromatic carbocycles. The van der Waals surface area contributed by atoms with Crippen LogP contribution in [0.25, 0.3) is 0 Å².